The Bertz CT molecular complexity index is 886. The monoisotopic (exact) mass is 446 g/mol. The van der Waals surface area contributed by atoms with Crippen molar-refractivity contribution in [2.75, 3.05) is 36.0 Å². The van der Waals surface area contributed by atoms with Gasteiger partial charge >= 0.3 is 23.9 Å². The molecular formula is C20H22N4O8. The van der Waals surface area contributed by atoms with Crippen LogP contribution in [0.25, 0.3) is 0 Å². The van der Waals surface area contributed by atoms with E-state index >= 15 is 0 Å². The summed E-state index contributed by atoms with van der Waals surface area (Å²) in [4.78, 5) is 55.1. The highest BCUT2D eigenvalue weighted by Gasteiger charge is 2.17. The van der Waals surface area contributed by atoms with Crippen LogP contribution in [0.3, 0.4) is 0 Å². The Morgan fingerprint density at radius 2 is 0.906 bits per heavy atom. The molecule has 0 aliphatic carbocycles. The lowest BCUT2D eigenvalue weighted by atomic mass is 10.1. The van der Waals surface area contributed by atoms with E-state index in [0.717, 1.165) is 9.80 Å². The van der Waals surface area contributed by atoms with Crippen molar-refractivity contribution < 1.29 is 39.6 Å². The van der Waals surface area contributed by atoms with E-state index in [0.29, 0.717) is 24.2 Å². The highest BCUT2D eigenvalue weighted by Crippen LogP contribution is 2.15. The lowest BCUT2D eigenvalue weighted by Crippen LogP contribution is -2.35. The zero-order valence-corrected chi connectivity index (χ0v) is 16.9. The van der Waals surface area contributed by atoms with Crippen LogP contribution >= 0.6 is 0 Å². The topological polar surface area (TPSA) is 181 Å². The number of pyridine rings is 2. The first kappa shape index (κ1) is 24.1. The predicted octanol–water partition coefficient (Wildman–Crippen LogP) is 0.213. The number of rotatable bonds is 13. The molecule has 0 fully saturated rings. The molecule has 0 saturated heterocycles. The Morgan fingerprint density at radius 3 is 1.19 bits per heavy atom. The fourth-order valence-electron chi connectivity index (χ4n) is 2.91. The van der Waals surface area contributed by atoms with Gasteiger partial charge in [0.25, 0.3) is 0 Å². The summed E-state index contributed by atoms with van der Waals surface area (Å²) in [6.07, 6.45) is 0.770. The van der Waals surface area contributed by atoms with Gasteiger partial charge in [-0.25, -0.2) is 9.97 Å². The predicted molar refractivity (Wildman–Crippen MR) is 111 cm³/mol. The standard InChI is InChI=1S/C20H22N4O8/c25-17(26)9-23(10-18(27)28)15-5-1-3-13(21-15)7-8-14-4-2-6-16(22-14)24(11-19(29)30)12-20(31)32/h1-6H,7-12H2,(H,25,26)(H,27,28)(H,29,30)(H,31,32). The molecule has 2 aromatic rings. The number of carboxylic acids is 4. The molecule has 12 nitrogen and oxygen atoms in total. The fraction of sp³-hybridized carbons (Fsp3) is 0.300. The second kappa shape index (κ2) is 11.2. The van der Waals surface area contributed by atoms with Gasteiger partial charge in [0.15, 0.2) is 0 Å². The second-order valence-electron chi connectivity index (χ2n) is 6.76. The summed E-state index contributed by atoms with van der Waals surface area (Å²) in [6.45, 7) is -2.07. The summed E-state index contributed by atoms with van der Waals surface area (Å²) in [5, 5.41) is 36.0. The molecule has 0 aliphatic rings. The minimum absolute atomic E-state index is 0.211. The zero-order valence-electron chi connectivity index (χ0n) is 16.9. The Morgan fingerprint density at radius 1 is 0.594 bits per heavy atom. The maximum absolute atomic E-state index is 11.0. The van der Waals surface area contributed by atoms with E-state index in [4.69, 9.17) is 20.4 Å². The summed E-state index contributed by atoms with van der Waals surface area (Å²) >= 11 is 0. The molecule has 32 heavy (non-hydrogen) atoms. The second-order valence-corrected chi connectivity index (χ2v) is 6.76. The molecule has 0 aromatic carbocycles. The van der Waals surface area contributed by atoms with Gasteiger partial charge in [0.05, 0.1) is 0 Å². The molecule has 2 aromatic heterocycles. The van der Waals surface area contributed by atoms with Gasteiger partial charge in [-0.3, -0.25) is 19.2 Å². The minimum Gasteiger partial charge on any atom is -0.480 e. The molecule has 0 spiro atoms. The first-order valence-electron chi connectivity index (χ1n) is 9.43. The zero-order chi connectivity index (χ0) is 23.7. The summed E-state index contributed by atoms with van der Waals surface area (Å²) in [5.74, 6) is -4.33. The maximum atomic E-state index is 11.0. The van der Waals surface area contributed by atoms with Crippen molar-refractivity contribution >= 4 is 35.5 Å². The third kappa shape index (κ3) is 7.89. The van der Waals surface area contributed by atoms with E-state index in [2.05, 4.69) is 9.97 Å². The van der Waals surface area contributed by atoms with E-state index in [9.17, 15) is 19.2 Å². The highest BCUT2D eigenvalue weighted by atomic mass is 16.4. The number of carboxylic acid groups (broad SMARTS) is 4. The van der Waals surface area contributed by atoms with Gasteiger partial charge in [-0.2, -0.15) is 0 Å². The molecule has 0 saturated carbocycles. The molecule has 0 bridgehead atoms. The van der Waals surface area contributed by atoms with E-state index in [-0.39, 0.29) is 11.6 Å². The van der Waals surface area contributed by atoms with Crippen LogP contribution in [0.1, 0.15) is 11.4 Å². The Hall–Kier alpha value is -4.22. The van der Waals surface area contributed by atoms with E-state index in [1.54, 1.807) is 24.3 Å². The Balaban J connectivity index is 2.15. The van der Waals surface area contributed by atoms with Crippen LogP contribution in [-0.2, 0) is 32.0 Å². The third-order valence-corrected chi connectivity index (χ3v) is 4.17. The van der Waals surface area contributed by atoms with E-state index in [1.807, 2.05) is 0 Å². The number of hydrogen-bond donors (Lipinski definition) is 4. The quantitative estimate of drug-likeness (QED) is 0.329. The number of aryl methyl sites for hydroxylation is 2. The lowest BCUT2D eigenvalue weighted by Gasteiger charge is -2.20. The van der Waals surface area contributed by atoms with Gasteiger partial charge in [0, 0.05) is 11.4 Å². The molecule has 0 amide bonds. The van der Waals surface area contributed by atoms with Crippen molar-refractivity contribution in [2.45, 2.75) is 12.8 Å². The Labute approximate surface area is 182 Å². The largest absolute Gasteiger partial charge is 0.480 e. The normalized spacial score (nSPS) is 10.4. The SMILES string of the molecule is O=C(O)CN(CC(=O)O)c1cccc(CCc2cccc(N(CC(=O)O)CC(=O)O)n2)n1. The van der Waals surface area contributed by atoms with Crippen LogP contribution in [0.4, 0.5) is 11.6 Å². The highest BCUT2D eigenvalue weighted by molar-refractivity contribution is 5.79. The van der Waals surface area contributed by atoms with Crippen molar-refractivity contribution in [3.05, 3.63) is 47.8 Å². The number of aliphatic carboxylic acids is 4. The van der Waals surface area contributed by atoms with Crippen molar-refractivity contribution in [1.29, 1.82) is 0 Å². The molecular weight excluding hydrogens is 424 g/mol. The Kier molecular flexibility index (Phi) is 8.45. The molecule has 170 valence electrons. The average molecular weight is 446 g/mol. The van der Waals surface area contributed by atoms with Gasteiger partial charge < -0.3 is 30.2 Å². The van der Waals surface area contributed by atoms with Gasteiger partial charge in [-0.05, 0) is 37.1 Å². The van der Waals surface area contributed by atoms with Crippen molar-refractivity contribution in [1.82, 2.24) is 9.97 Å². The molecule has 0 aliphatic heterocycles. The van der Waals surface area contributed by atoms with Crippen LogP contribution < -0.4 is 9.80 Å². The van der Waals surface area contributed by atoms with E-state index in [1.165, 1.54) is 12.1 Å². The van der Waals surface area contributed by atoms with Gasteiger partial charge in [0.2, 0.25) is 0 Å². The van der Waals surface area contributed by atoms with Crippen LogP contribution in [0.2, 0.25) is 0 Å². The number of hydrogen-bond acceptors (Lipinski definition) is 8. The van der Waals surface area contributed by atoms with Gasteiger partial charge in [0.1, 0.15) is 37.8 Å². The van der Waals surface area contributed by atoms with Crippen LogP contribution in [0, 0.1) is 0 Å². The number of aromatic nitrogens is 2. The summed E-state index contributed by atoms with van der Waals surface area (Å²) < 4.78 is 0. The fourth-order valence-corrected chi connectivity index (χ4v) is 2.91. The molecule has 4 N–H and O–H groups in total. The first-order chi connectivity index (χ1) is 15.1. The van der Waals surface area contributed by atoms with Crippen LogP contribution in [-0.4, -0.2) is 80.5 Å². The maximum Gasteiger partial charge on any atom is 0.323 e. The smallest absolute Gasteiger partial charge is 0.323 e. The minimum atomic E-state index is -1.19. The van der Waals surface area contributed by atoms with E-state index < -0.39 is 50.1 Å². The first-order valence-corrected chi connectivity index (χ1v) is 9.43. The summed E-state index contributed by atoms with van der Waals surface area (Å²) in [7, 11) is 0. The average Bonchev–Trinajstić information content (AvgIpc) is 2.70. The molecule has 0 radical (unpaired) electrons. The number of carbonyl (C=O) groups is 4. The number of nitrogens with zero attached hydrogens (tertiary/aromatic N) is 4. The third-order valence-electron chi connectivity index (χ3n) is 4.17. The van der Waals surface area contributed by atoms with Crippen molar-refractivity contribution in [3.8, 4) is 0 Å². The van der Waals surface area contributed by atoms with Crippen LogP contribution in [0.5, 0.6) is 0 Å². The van der Waals surface area contributed by atoms with Crippen molar-refractivity contribution in [3.63, 3.8) is 0 Å². The van der Waals surface area contributed by atoms with Gasteiger partial charge in [-0.15, -0.1) is 0 Å². The van der Waals surface area contributed by atoms with Gasteiger partial charge in [-0.1, -0.05) is 12.1 Å². The molecule has 0 unspecified atom stereocenters. The number of anilines is 2. The summed E-state index contributed by atoms with van der Waals surface area (Å²) in [5.41, 5.74) is 1.15. The summed E-state index contributed by atoms with van der Waals surface area (Å²) in [6, 6.07) is 9.72. The molecule has 2 heterocycles. The van der Waals surface area contributed by atoms with Crippen molar-refractivity contribution in [2.24, 2.45) is 0 Å². The lowest BCUT2D eigenvalue weighted by molar-refractivity contribution is -0.138. The van der Waals surface area contributed by atoms with Crippen LogP contribution in [0.15, 0.2) is 36.4 Å². The molecule has 2 rings (SSSR count). The molecule has 0 atom stereocenters. The molecule has 12 heteroatoms.